The van der Waals surface area contributed by atoms with Gasteiger partial charge in [0.05, 0.1) is 5.25 Å². The number of benzene rings is 2. The summed E-state index contributed by atoms with van der Waals surface area (Å²) in [5, 5.41) is 11.8. The van der Waals surface area contributed by atoms with E-state index in [0.717, 1.165) is 17.1 Å². The molecule has 0 spiro atoms. The fraction of sp³-hybridized carbons (Fsp3) is 0.286. The van der Waals surface area contributed by atoms with Crippen LogP contribution < -0.4 is 5.32 Å². The molecule has 5 nitrogen and oxygen atoms in total. The summed E-state index contributed by atoms with van der Waals surface area (Å²) in [4.78, 5) is 12.3. The predicted octanol–water partition coefficient (Wildman–Crippen LogP) is 4.00. The van der Waals surface area contributed by atoms with Crippen LogP contribution in [-0.4, -0.2) is 32.0 Å². The number of rotatable bonds is 7. The van der Waals surface area contributed by atoms with Crippen molar-refractivity contribution >= 4 is 17.7 Å². The first-order valence-corrected chi connectivity index (χ1v) is 10.0. The summed E-state index contributed by atoms with van der Waals surface area (Å²) in [6.07, 6.45) is 0.582. The topological polar surface area (TPSA) is 59.8 Å². The SMILES string of the molecule is CC(C)NC(=O)[C@@H](C)Sc1nnc(Cc2ccccc2)n1-c1ccc(F)cc1. The fourth-order valence-electron chi connectivity index (χ4n) is 2.73. The Morgan fingerprint density at radius 2 is 1.75 bits per heavy atom. The molecule has 0 saturated carbocycles. The first kappa shape index (κ1) is 20.1. The lowest BCUT2D eigenvalue weighted by molar-refractivity contribution is -0.120. The third-order valence-corrected chi connectivity index (χ3v) is 5.12. The molecule has 1 amide bonds. The minimum absolute atomic E-state index is 0.0572. The Morgan fingerprint density at radius 3 is 2.39 bits per heavy atom. The normalized spacial score (nSPS) is 12.2. The molecular weight excluding hydrogens is 375 g/mol. The molecule has 0 aliphatic rings. The minimum atomic E-state index is -0.338. The summed E-state index contributed by atoms with van der Waals surface area (Å²) < 4.78 is 15.3. The van der Waals surface area contributed by atoms with Gasteiger partial charge in [-0.15, -0.1) is 10.2 Å². The quantitative estimate of drug-likeness (QED) is 0.611. The van der Waals surface area contributed by atoms with Crippen LogP contribution in [0.1, 0.15) is 32.2 Å². The maximum atomic E-state index is 13.4. The van der Waals surface area contributed by atoms with Crippen molar-refractivity contribution in [3.05, 3.63) is 71.8 Å². The molecule has 2 aromatic carbocycles. The van der Waals surface area contributed by atoms with Gasteiger partial charge in [0.1, 0.15) is 11.6 Å². The number of carbonyl (C=O) groups is 1. The number of amides is 1. The third kappa shape index (κ3) is 4.98. The van der Waals surface area contributed by atoms with E-state index in [4.69, 9.17) is 0 Å². The molecule has 0 aliphatic carbocycles. The van der Waals surface area contributed by atoms with Gasteiger partial charge in [-0.3, -0.25) is 9.36 Å². The number of hydrogen-bond donors (Lipinski definition) is 1. The van der Waals surface area contributed by atoms with Crippen molar-refractivity contribution < 1.29 is 9.18 Å². The van der Waals surface area contributed by atoms with Crippen LogP contribution in [0.15, 0.2) is 59.8 Å². The van der Waals surface area contributed by atoms with Crippen molar-refractivity contribution in [2.75, 3.05) is 0 Å². The maximum Gasteiger partial charge on any atom is 0.233 e. The maximum absolute atomic E-state index is 13.4. The van der Waals surface area contributed by atoms with Gasteiger partial charge in [0.2, 0.25) is 5.91 Å². The molecule has 0 bridgehead atoms. The highest BCUT2D eigenvalue weighted by molar-refractivity contribution is 8.00. The van der Waals surface area contributed by atoms with Gasteiger partial charge in [-0.05, 0) is 50.6 Å². The second-order valence-electron chi connectivity index (χ2n) is 6.80. The van der Waals surface area contributed by atoms with Crippen LogP contribution in [0, 0.1) is 5.82 Å². The number of hydrogen-bond acceptors (Lipinski definition) is 4. The Hall–Kier alpha value is -2.67. The average molecular weight is 399 g/mol. The second kappa shape index (κ2) is 9.01. The zero-order chi connectivity index (χ0) is 20.1. The van der Waals surface area contributed by atoms with Gasteiger partial charge in [0, 0.05) is 18.2 Å². The Kier molecular flexibility index (Phi) is 6.46. The molecule has 0 radical (unpaired) electrons. The molecule has 0 aliphatic heterocycles. The van der Waals surface area contributed by atoms with Crippen LogP contribution in [0.25, 0.3) is 5.69 Å². The van der Waals surface area contributed by atoms with Crippen LogP contribution in [0.4, 0.5) is 4.39 Å². The van der Waals surface area contributed by atoms with Crippen molar-refractivity contribution in [3.8, 4) is 5.69 Å². The standard InChI is InChI=1S/C21H23FN4OS/c1-14(2)23-20(27)15(3)28-21-25-24-19(13-16-7-5-4-6-8-16)26(21)18-11-9-17(22)10-12-18/h4-12,14-15H,13H2,1-3H3,(H,23,27)/t15-/m1/s1. The van der Waals surface area contributed by atoms with Gasteiger partial charge < -0.3 is 5.32 Å². The number of nitrogens with one attached hydrogen (secondary N) is 1. The zero-order valence-corrected chi connectivity index (χ0v) is 16.9. The Bertz CT molecular complexity index is 925. The Morgan fingerprint density at radius 1 is 1.07 bits per heavy atom. The summed E-state index contributed by atoms with van der Waals surface area (Å²) in [7, 11) is 0. The van der Waals surface area contributed by atoms with Gasteiger partial charge in [0.15, 0.2) is 5.16 Å². The monoisotopic (exact) mass is 398 g/mol. The molecule has 0 unspecified atom stereocenters. The number of thioether (sulfide) groups is 1. The number of halogens is 1. The molecular formula is C21H23FN4OS. The van der Waals surface area contributed by atoms with Crippen LogP contribution in [0.5, 0.6) is 0 Å². The Labute approximate surface area is 168 Å². The molecule has 7 heteroatoms. The van der Waals surface area contributed by atoms with E-state index < -0.39 is 0 Å². The summed E-state index contributed by atoms with van der Waals surface area (Å²) in [6.45, 7) is 5.69. The van der Waals surface area contributed by atoms with Crippen molar-refractivity contribution in [2.45, 2.75) is 43.6 Å². The summed E-state index contributed by atoms with van der Waals surface area (Å²) >= 11 is 1.33. The van der Waals surface area contributed by atoms with Crippen molar-refractivity contribution in [1.82, 2.24) is 20.1 Å². The van der Waals surface area contributed by atoms with Crippen LogP contribution in [-0.2, 0) is 11.2 Å². The highest BCUT2D eigenvalue weighted by Crippen LogP contribution is 2.27. The lowest BCUT2D eigenvalue weighted by atomic mass is 10.1. The highest BCUT2D eigenvalue weighted by Gasteiger charge is 2.21. The summed E-state index contributed by atoms with van der Waals surface area (Å²) in [5.74, 6) is 0.371. The van der Waals surface area contributed by atoms with E-state index >= 15 is 0 Å². The third-order valence-electron chi connectivity index (χ3n) is 4.07. The molecule has 1 atom stereocenters. The lowest BCUT2D eigenvalue weighted by Crippen LogP contribution is -2.36. The van der Waals surface area contributed by atoms with Gasteiger partial charge in [0.25, 0.3) is 0 Å². The molecule has 1 N–H and O–H groups in total. The van der Waals surface area contributed by atoms with Crippen LogP contribution >= 0.6 is 11.8 Å². The largest absolute Gasteiger partial charge is 0.353 e. The predicted molar refractivity (Wildman–Crippen MR) is 109 cm³/mol. The fourth-order valence-corrected chi connectivity index (χ4v) is 3.63. The number of nitrogens with zero attached hydrogens (tertiary/aromatic N) is 3. The van der Waals surface area contributed by atoms with E-state index in [1.54, 1.807) is 12.1 Å². The number of aromatic nitrogens is 3. The van der Waals surface area contributed by atoms with E-state index in [9.17, 15) is 9.18 Å². The molecule has 0 fully saturated rings. The van der Waals surface area contributed by atoms with E-state index in [2.05, 4.69) is 15.5 Å². The van der Waals surface area contributed by atoms with Gasteiger partial charge >= 0.3 is 0 Å². The van der Waals surface area contributed by atoms with Crippen molar-refractivity contribution in [1.29, 1.82) is 0 Å². The Balaban J connectivity index is 1.93. The zero-order valence-electron chi connectivity index (χ0n) is 16.1. The van der Waals surface area contributed by atoms with Gasteiger partial charge in [-0.1, -0.05) is 42.1 Å². The molecule has 1 heterocycles. The van der Waals surface area contributed by atoms with E-state index in [0.29, 0.717) is 11.6 Å². The average Bonchev–Trinajstić information content (AvgIpc) is 3.04. The van der Waals surface area contributed by atoms with Crippen LogP contribution in [0.3, 0.4) is 0 Å². The van der Waals surface area contributed by atoms with Gasteiger partial charge in [-0.2, -0.15) is 0 Å². The van der Waals surface area contributed by atoms with E-state index in [1.807, 2.05) is 55.7 Å². The van der Waals surface area contributed by atoms with E-state index in [1.165, 1.54) is 23.9 Å². The highest BCUT2D eigenvalue weighted by atomic mass is 32.2. The number of carbonyl (C=O) groups excluding carboxylic acids is 1. The van der Waals surface area contributed by atoms with Crippen molar-refractivity contribution in [2.24, 2.45) is 0 Å². The van der Waals surface area contributed by atoms with Crippen molar-refractivity contribution in [3.63, 3.8) is 0 Å². The molecule has 28 heavy (non-hydrogen) atoms. The van der Waals surface area contributed by atoms with Gasteiger partial charge in [-0.25, -0.2) is 4.39 Å². The summed E-state index contributed by atoms with van der Waals surface area (Å²) in [5.41, 5.74) is 1.86. The molecule has 1 aromatic heterocycles. The first-order valence-electron chi connectivity index (χ1n) is 9.15. The first-order chi connectivity index (χ1) is 13.4. The minimum Gasteiger partial charge on any atom is -0.353 e. The van der Waals surface area contributed by atoms with Crippen LogP contribution in [0.2, 0.25) is 0 Å². The van der Waals surface area contributed by atoms with E-state index in [-0.39, 0.29) is 23.0 Å². The smallest absolute Gasteiger partial charge is 0.233 e. The molecule has 3 aromatic rings. The molecule has 0 saturated heterocycles. The molecule has 3 rings (SSSR count). The summed E-state index contributed by atoms with van der Waals surface area (Å²) in [6, 6.07) is 16.2. The molecule has 146 valence electrons. The second-order valence-corrected chi connectivity index (χ2v) is 8.10. The lowest BCUT2D eigenvalue weighted by Gasteiger charge is -2.15.